The molecule has 0 aliphatic carbocycles. The van der Waals surface area contributed by atoms with Crippen molar-refractivity contribution in [2.45, 2.75) is 25.8 Å². The summed E-state index contributed by atoms with van der Waals surface area (Å²) in [7, 11) is 0. The Hall–Kier alpha value is -2.49. The SMILES string of the molecule is CCc1ccccc1OCC(=O)NC1CCOc2ccccc21. The van der Waals surface area contributed by atoms with Crippen LogP contribution in [0.15, 0.2) is 48.5 Å². The highest BCUT2D eigenvalue weighted by Gasteiger charge is 2.22. The molecule has 0 radical (unpaired) electrons. The third-order valence-corrected chi connectivity index (χ3v) is 4.01. The highest BCUT2D eigenvalue weighted by molar-refractivity contribution is 5.78. The van der Waals surface area contributed by atoms with E-state index >= 15 is 0 Å². The number of para-hydroxylation sites is 2. The van der Waals surface area contributed by atoms with E-state index in [-0.39, 0.29) is 18.6 Å². The summed E-state index contributed by atoms with van der Waals surface area (Å²) in [4.78, 5) is 12.2. The molecule has 1 unspecified atom stereocenters. The number of hydrogen-bond donors (Lipinski definition) is 1. The van der Waals surface area contributed by atoms with E-state index in [0.29, 0.717) is 6.61 Å². The largest absolute Gasteiger partial charge is 0.493 e. The Bertz CT molecular complexity index is 684. The monoisotopic (exact) mass is 311 g/mol. The molecule has 0 aromatic heterocycles. The van der Waals surface area contributed by atoms with Crippen molar-refractivity contribution in [3.8, 4) is 11.5 Å². The average molecular weight is 311 g/mol. The number of nitrogens with one attached hydrogen (secondary N) is 1. The molecule has 1 aliphatic rings. The molecule has 4 nitrogen and oxygen atoms in total. The van der Waals surface area contributed by atoms with Crippen molar-refractivity contribution < 1.29 is 14.3 Å². The first-order valence-electron chi connectivity index (χ1n) is 7.99. The van der Waals surface area contributed by atoms with Gasteiger partial charge in [-0.15, -0.1) is 0 Å². The van der Waals surface area contributed by atoms with Gasteiger partial charge < -0.3 is 14.8 Å². The van der Waals surface area contributed by atoms with Crippen LogP contribution < -0.4 is 14.8 Å². The lowest BCUT2D eigenvalue weighted by molar-refractivity contribution is -0.124. The fourth-order valence-electron chi connectivity index (χ4n) is 2.81. The van der Waals surface area contributed by atoms with Crippen molar-refractivity contribution in [1.29, 1.82) is 0 Å². The lowest BCUT2D eigenvalue weighted by Gasteiger charge is -2.26. The normalized spacial score (nSPS) is 16.1. The van der Waals surface area contributed by atoms with Crippen LogP contribution in [-0.4, -0.2) is 19.1 Å². The minimum absolute atomic E-state index is 0.0162. The molecule has 4 heteroatoms. The minimum atomic E-state index is -0.113. The van der Waals surface area contributed by atoms with Crippen LogP contribution >= 0.6 is 0 Å². The van der Waals surface area contributed by atoms with Crippen molar-refractivity contribution in [2.75, 3.05) is 13.2 Å². The molecule has 0 fully saturated rings. The predicted octanol–water partition coefficient (Wildman–Crippen LogP) is 3.27. The molecule has 1 amide bonds. The van der Waals surface area contributed by atoms with Crippen LogP contribution in [0.1, 0.15) is 30.5 Å². The summed E-state index contributed by atoms with van der Waals surface area (Å²) in [5.74, 6) is 1.51. The smallest absolute Gasteiger partial charge is 0.258 e. The van der Waals surface area contributed by atoms with E-state index in [1.165, 1.54) is 0 Å². The molecular formula is C19H21NO3. The Balaban J connectivity index is 1.60. The van der Waals surface area contributed by atoms with E-state index in [2.05, 4.69) is 12.2 Å². The summed E-state index contributed by atoms with van der Waals surface area (Å²) in [6.07, 6.45) is 1.65. The van der Waals surface area contributed by atoms with E-state index in [1.807, 2.05) is 48.5 Å². The van der Waals surface area contributed by atoms with Gasteiger partial charge in [-0.1, -0.05) is 43.3 Å². The summed E-state index contributed by atoms with van der Waals surface area (Å²) in [5, 5.41) is 3.04. The van der Waals surface area contributed by atoms with Crippen LogP contribution in [0.4, 0.5) is 0 Å². The van der Waals surface area contributed by atoms with E-state index < -0.39 is 0 Å². The second kappa shape index (κ2) is 7.18. The van der Waals surface area contributed by atoms with Gasteiger partial charge in [-0.2, -0.15) is 0 Å². The highest BCUT2D eigenvalue weighted by atomic mass is 16.5. The maximum absolute atomic E-state index is 12.2. The molecule has 1 heterocycles. The molecule has 23 heavy (non-hydrogen) atoms. The molecule has 0 saturated carbocycles. The maximum atomic E-state index is 12.2. The summed E-state index contributed by atoms with van der Waals surface area (Å²) in [5.41, 5.74) is 2.14. The zero-order valence-corrected chi connectivity index (χ0v) is 13.2. The molecule has 120 valence electrons. The molecular weight excluding hydrogens is 290 g/mol. The highest BCUT2D eigenvalue weighted by Crippen LogP contribution is 2.31. The van der Waals surface area contributed by atoms with Gasteiger partial charge in [0.25, 0.3) is 5.91 Å². The molecule has 0 bridgehead atoms. The summed E-state index contributed by atoms with van der Waals surface area (Å²) in [6, 6.07) is 15.6. The number of carbonyl (C=O) groups is 1. The Morgan fingerprint density at radius 2 is 2.00 bits per heavy atom. The van der Waals surface area contributed by atoms with Crippen LogP contribution in [0.3, 0.4) is 0 Å². The minimum Gasteiger partial charge on any atom is -0.493 e. The van der Waals surface area contributed by atoms with Gasteiger partial charge in [0.1, 0.15) is 11.5 Å². The molecule has 0 saturated heterocycles. The first-order valence-corrected chi connectivity index (χ1v) is 7.99. The summed E-state index contributed by atoms with van der Waals surface area (Å²) >= 11 is 0. The number of ether oxygens (including phenoxy) is 2. The van der Waals surface area contributed by atoms with E-state index in [4.69, 9.17) is 9.47 Å². The van der Waals surface area contributed by atoms with Crippen molar-refractivity contribution >= 4 is 5.91 Å². The number of benzene rings is 2. The number of carbonyl (C=O) groups excluding carboxylic acids is 1. The van der Waals surface area contributed by atoms with Crippen LogP contribution in [-0.2, 0) is 11.2 Å². The van der Waals surface area contributed by atoms with Gasteiger partial charge in [-0.05, 0) is 24.1 Å². The van der Waals surface area contributed by atoms with Gasteiger partial charge in [0, 0.05) is 12.0 Å². The Labute approximate surface area is 136 Å². The second-order valence-electron chi connectivity index (χ2n) is 5.55. The maximum Gasteiger partial charge on any atom is 0.258 e. The van der Waals surface area contributed by atoms with E-state index in [1.54, 1.807) is 0 Å². The Morgan fingerprint density at radius 3 is 2.87 bits per heavy atom. The number of hydrogen-bond acceptors (Lipinski definition) is 3. The molecule has 1 aliphatic heterocycles. The van der Waals surface area contributed by atoms with Crippen molar-refractivity contribution in [1.82, 2.24) is 5.32 Å². The number of amides is 1. The van der Waals surface area contributed by atoms with E-state index in [0.717, 1.165) is 35.5 Å². The zero-order valence-electron chi connectivity index (χ0n) is 13.2. The molecule has 2 aromatic carbocycles. The quantitative estimate of drug-likeness (QED) is 0.922. The first kappa shape index (κ1) is 15.4. The van der Waals surface area contributed by atoms with Crippen molar-refractivity contribution in [3.63, 3.8) is 0 Å². The fraction of sp³-hybridized carbons (Fsp3) is 0.316. The van der Waals surface area contributed by atoms with Gasteiger partial charge >= 0.3 is 0 Å². The molecule has 0 spiro atoms. The molecule has 2 aromatic rings. The first-order chi connectivity index (χ1) is 11.3. The van der Waals surface area contributed by atoms with Gasteiger partial charge in [-0.25, -0.2) is 0 Å². The number of rotatable bonds is 5. The Kier molecular flexibility index (Phi) is 4.81. The van der Waals surface area contributed by atoms with Crippen LogP contribution in [0, 0.1) is 0 Å². The van der Waals surface area contributed by atoms with Gasteiger partial charge in [0.2, 0.25) is 0 Å². The van der Waals surface area contributed by atoms with Crippen LogP contribution in [0.2, 0.25) is 0 Å². The predicted molar refractivity (Wildman–Crippen MR) is 88.8 cm³/mol. The average Bonchev–Trinajstić information content (AvgIpc) is 2.60. The third kappa shape index (κ3) is 3.65. The van der Waals surface area contributed by atoms with E-state index in [9.17, 15) is 4.79 Å². The molecule has 3 rings (SSSR count). The molecule has 1 N–H and O–H groups in total. The van der Waals surface area contributed by atoms with Crippen molar-refractivity contribution in [3.05, 3.63) is 59.7 Å². The standard InChI is InChI=1S/C19H21NO3/c1-2-14-7-3-5-9-17(14)23-13-19(21)20-16-11-12-22-18-10-6-4-8-15(16)18/h3-10,16H,2,11-13H2,1H3,(H,20,21). The number of fused-ring (bicyclic) bond motifs is 1. The second-order valence-corrected chi connectivity index (χ2v) is 5.55. The molecule has 1 atom stereocenters. The fourth-order valence-corrected chi connectivity index (χ4v) is 2.81. The summed E-state index contributed by atoms with van der Waals surface area (Å²) < 4.78 is 11.3. The van der Waals surface area contributed by atoms with Crippen LogP contribution in [0.25, 0.3) is 0 Å². The lowest BCUT2D eigenvalue weighted by Crippen LogP contribution is -2.35. The van der Waals surface area contributed by atoms with Gasteiger partial charge in [0.05, 0.1) is 12.6 Å². The van der Waals surface area contributed by atoms with Crippen LogP contribution in [0.5, 0.6) is 11.5 Å². The number of aryl methyl sites for hydroxylation is 1. The Morgan fingerprint density at radius 1 is 1.22 bits per heavy atom. The third-order valence-electron chi connectivity index (χ3n) is 4.01. The zero-order chi connectivity index (χ0) is 16.1. The van der Waals surface area contributed by atoms with Gasteiger partial charge in [-0.3, -0.25) is 4.79 Å². The topological polar surface area (TPSA) is 47.6 Å². The lowest BCUT2D eigenvalue weighted by atomic mass is 10.0. The van der Waals surface area contributed by atoms with Crippen molar-refractivity contribution in [2.24, 2.45) is 0 Å². The summed E-state index contributed by atoms with van der Waals surface area (Å²) in [6.45, 7) is 2.71. The van der Waals surface area contributed by atoms with Gasteiger partial charge in [0.15, 0.2) is 6.61 Å².